The van der Waals surface area contributed by atoms with E-state index in [2.05, 4.69) is 22.4 Å². The maximum absolute atomic E-state index is 12.2. The number of amides is 1. The number of carbonyl (C=O) groups excluding carboxylic acids is 1. The Labute approximate surface area is 141 Å². The molecule has 0 saturated carbocycles. The van der Waals surface area contributed by atoms with Gasteiger partial charge in [-0.25, -0.2) is 4.98 Å². The monoisotopic (exact) mass is 337 g/mol. The second kappa shape index (κ2) is 8.27. The minimum atomic E-state index is 0. The summed E-state index contributed by atoms with van der Waals surface area (Å²) < 4.78 is 0. The van der Waals surface area contributed by atoms with Crippen molar-refractivity contribution in [1.29, 1.82) is 0 Å². The minimum Gasteiger partial charge on any atom is -0.340 e. The van der Waals surface area contributed by atoms with Crippen LogP contribution in [0.1, 0.15) is 16.3 Å². The van der Waals surface area contributed by atoms with Crippen LogP contribution in [-0.4, -0.2) is 42.0 Å². The summed E-state index contributed by atoms with van der Waals surface area (Å²) in [7, 11) is 0. The van der Waals surface area contributed by atoms with Crippen LogP contribution in [-0.2, 0) is 17.6 Å². The van der Waals surface area contributed by atoms with E-state index in [0.29, 0.717) is 6.42 Å². The van der Waals surface area contributed by atoms with Crippen LogP contribution in [0.15, 0.2) is 35.7 Å². The number of halogens is 1. The molecule has 118 valence electrons. The average Bonchev–Trinajstić information content (AvgIpc) is 2.96. The molecular formula is C16H20ClN3OS. The van der Waals surface area contributed by atoms with Gasteiger partial charge in [0, 0.05) is 38.0 Å². The highest BCUT2D eigenvalue weighted by molar-refractivity contribution is 7.09. The number of carbonyl (C=O) groups is 1. The van der Waals surface area contributed by atoms with E-state index < -0.39 is 0 Å². The van der Waals surface area contributed by atoms with Gasteiger partial charge in [0.2, 0.25) is 5.91 Å². The third-order valence-corrected chi connectivity index (χ3v) is 4.50. The Morgan fingerprint density at radius 2 is 1.95 bits per heavy atom. The summed E-state index contributed by atoms with van der Waals surface area (Å²) in [6, 6.07) is 10.3. The van der Waals surface area contributed by atoms with Crippen LogP contribution < -0.4 is 5.32 Å². The molecule has 0 atom stereocenters. The molecular weight excluding hydrogens is 318 g/mol. The summed E-state index contributed by atoms with van der Waals surface area (Å²) in [4.78, 5) is 18.7. The molecule has 4 nitrogen and oxygen atoms in total. The molecule has 22 heavy (non-hydrogen) atoms. The van der Waals surface area contributed by atoms with Gasteiger partial charge in [-0.2, -0.15) is 0 Å². The Hall–Kier alpha value is -1.43. The largest absolute Gasteiger partial charge is 0.340 e. The fraction of sp³-hybridized carbons (Fsp3) is 0.375. The van der Waals surface area contributed by atoms with Crippen molar-refractivity contribution in [2.45, 2.75) is 12.8 Å². The van der Waals surface area contributed by atoms with E-state index in [4.69, 9.17) is 0 Å². The van der Waals surface area contributed by atoms with Crippen LogP contribution >= 0.6 is 23.7 Å². The van der Waals surface area contributed by atoms with Crippen molar-refractivity contribution in [2.75, 3.05) is 26.2 Å². The van der Waals surface area contributed by atoms with Crippen LogP contribution in [0, 0.1) is 0 Å². The Kier molecular flexibility index (Phi) is 6.36. The third-order valence-electron chi connectivity index (χ3n) is 3.60. The van der Waals surface area contributed by atoms with Gasteiger partial charge in [-0.15, -0.1) is 23.7 Å². The molecule has 1 aromatic heterocycles. The van der Waals surface area contributed by atoms with Crippen molar-refractivity contribution < 1.29 is 4.79 Å². The number of rotatable bonds is 4. The SMILES string of the molecule is Cl.O=C(Cc1csc(Cc2ccccc2)n1)N1CCNCC1. The number of thiazole rings is 1. The molecule has 1 N–H and O–H groups in total. The van der Waals surface area contributed by atoms with E-state index in [9.17, 15) is 4.79 Å². The zero-order valence-electron chi connectivity index (χ0n) is 12.3. The highest BCUT2D eigenvalue weighted by Crippen LogP contribution is 2.15. The number of nitrogens with zero attached hydrogens (tertiary/aromatic N) is 2. The Balaban J connectivity index is 0.00000176. The number of piperazine rings is 1. The number of hydrogen-bond acceptors (Lipinski definition) is 4. The van der Waals surface area contributed by atoms with Gasteiger partial charge in [-0.1, -0.05) is 30.3 Å². The molecule has 1 aromatic carbocycles. The third kappa shape index (κ3) is 4.53. The molecule has 2 heterocycles. The van der Waals surface area contributed by atoms with Gasteiger partial charge in [0.15, 0.2) is 0 Å². The van der Waals surface area contributed by atoms with Gasteiger partial charge >= 0.3 is 0 Å². The van der Waals surface area contributed by atoms with Gasteiger partial charge in [0.1, 0.15) is 0 Å². The molecule has 0 aliphatic carbocycles. The smallest absolute Gasteiger partial charge is 0.228 e. The molecule has 2 aromatic rings. The molecule has 0 unspecified atom stereocenters. The lowest BCUT2D eigenvalue weighted by Crippen LogP contribution is -2.46. The summed E-state index contributed by atoms with van der Waals surface area (Å²) in [6.45, 7) is 3.39. The van der Waals surface area contributed by atoms with Crippen molar-refractivity contribution in [3.63, 3.8) is 0 Å². The maximum atomic E-state index is 12.2. The number of nitrogens with one attached hydrogen (secondary N) is 1. The summed E-state index contributed by atoms with van der Waals surface area (Å²) in [5.74, 6) is 0.188. The molecule has 1 amide bonds. The lowest BCUT2D eigenvalue weighted by Gasteiger charge is -2.27. The highest BCUT2D eigenvalue weighted by atomic mass is 35.5. The molecule has 1 aliphatic rings. The van der Waals surface area contributed by atoms with Crippen molar-refractivity contribution in [3.05, 3.63) is 52.0 Å². The molecule has 1 fully saturated rings. The van der Waals surface area contributed by atoms with Crippen LogP contribution in [0.5, 0.6) is 0 Å². The van der Waals surface area contributed by atoms with Crippen LogP contribution in [0.2, 0.25) is 0 Å². The highest BCUT2D eigenvalue weighted by Gasteiger charge is 2.17. The second-order valence-corrected chi connectivity index (χ2v) is 6.15. The van der Waals surface area contributed by atoms with E-state index in [1.54, 1.807) is 11.3 Å². The summed E-state index contributed by atoms with van der Waals surface area (Å²) in [5.41, 5.74) is 2.15. The lowest BCUT2D eigenvalue weighted by atomic mass is 10.2. The topological polar surface area (TPSA) is 45.2 Å². The molecule has 0 bridgehead atoms. The predicted molar refractivity (Wildman–Crippen MR) is 91.8 cm³/mol. The maximum Gasteiger partial charge on any atom is 0.228 e. The Morgan fingerprint density at radius 1 is 1.23 bits per heavy atom. The molecule has 3 rings (SSSR count). The van der Waals surface area contributed by atoms with Crippen LogP contribution in [0.3, 0.4) is 0 Å². The van der Waals surface area contributed by atoms with Crippen molar-refractivity contribution in [2.24, 2.45) is 0 Å². The number of aromatic nitrogens is 1. The van der Waals surface area contributed by atoms with Gasteiger partial charge in [0.05, 0.1) is 17.1 Å². The average molecular weight is 338 g/mol. The molecule has 0 spiro atoms. The van der Waals surface area contributed by atoms with E-state index in [0.717, 1.165) is 43.3 Å². The first-order valence-corrected chi connectivity index (χ1v) is 8.15. The zero-order valence-corrected chi connectivity index (χ0v) is 14.0. The van der Waals surface area contributed by atoms with Crippen molar-refractivity contribution in [1.82, 2.24) is 15.2 Å². The first kappa shape index (κ1) is 16.9. The zero-order chi connectivity index (χ0) is 14.5. The van der Waals surface area contributed by atoms with E-state index >= 15 is 0 Å². The standard InChI is InChI=1S/C16H19N3OS.ClH/c20-16(19-8-6-17-7-9-19)11-14-12-21-15(18-14)10-13-4-2-1-3-5-13;/h1-5,12,17H,6-11H2;1H. The van der Waals surface area contributed by atoms with E-state index in [1.807, 2.05) is 28.5 Å². The molecule has 0 radical (unpaired) electrons. The van der Waals surface area contributed by atoms with Gasteiger partial charge < -0.3 is 10.2 Å². The molecule has 6 heteroatoms. The Morgan fingerprint density at radius 3 is 2.68 bits per heavy atom. The van der Waals surface area contributed by atoms with Crippen molar-refractivity contribution >= 4 is 29.7 Å². The minimum absolute atomic E-state index is 0. The first-order valence-electron chi connectivity index (χ1n) is 7.27. The lowest BCUT2D eigenvalue weighted by molar-refractivity contribution is -0.131. The van der Waals surface area contributed by atoms with Gasteiger partial charge in [0.25, 0.3) is 0 Å². The van der Waals surface area contributed by atoms with E-state index in [1.165, 1.54) is 5.56 Å². The second-order valence-electron chi connectivity index (χ2n) is 5.20. The van der Waals surface area contributed by atoms with Crippen LogP contribution in [0.4, 0.5) is 0 Å². The summed E-state index contributed by atoms with van der Waals surface area (Å²) >= 11 is 1.64. The summed E-state index contributed by atoms with van der Waals surface area (Å²) in [6.07, 6.45) is 1.26. The molecule has 1 saturated heterocycles. The Bertz CT molecular complexity index is 596. The first-order chi connectivity index (χ1) is 10.3. The van der Waals surface area contributed by atoms with Crippen LogP contribution in [0.25, 0.3) is 0 Å². The normalized spacial score (nSPS) is 14.5. The van der Waals surface area contributed by atoms with Gasteiger partial charge in [-0.05, 0) is 5.56 Å². The fourth-order valence-corrected chi connectivity index (χ4v) is 3.29. The number of benzene rings is 1. The summed E-state index contributed by atoms with van der Waals surface area (Å²) in [5, 5.41) is 6.34. The molecule has 1 aliphatic heterocycles. The quantitative estimate of drug-likeness (QED) is 0.929. The predicted octanol–water partition coefficient (Wildman–Crippen LogP) is 2.13. The van der Waals surface area contributed by atoms with E-state index in [-0.39, 0.29) is 18.3 Å². The fourth-order valence-electron chi connectivity index (χ4n) is 2.46. The number of hydrogen-bond donors (Lipinski definition) is 1. The van der Waals surface area contributed by atoms with Crippen molar-refractivity contribution in [3.8, 4) is 0 Å². The van der Waals surface area contributed by atoms with Gasteiger partial charge in [-0.3, -0.25) is 4.79 Å².